The van der Waals surface area contributed by atoms with Gasteiger partial charge in [0.1, 0.15) is 18.4 Å². The number of rotatable bonds is 3. The molecule has 0 unspecified atom stereocenters. The highest BCUT2D eigenvalue weighted by atomic mass is 32.2. The van der Waals surface area contributed by atoms with Gasteiger partial charge in [0.05, 0.1) is 4.24 Å². The smallest absolute Gasteiger partial charge is 0.213 e. The first-order chi connectivity index (χ1) is 9.75. The molecule has 1 fully saturated rings. The number of ketones is 1. The number of Topliss-reactive ketones (excluding diaryl/α,β-unsaturated/α-hetero) is 1. The van der Waals surface area contributed by atoms with Crippen LogP contribution >= 0.6 is 23.5 Å². The number of carbonyl (C=O) groups is 1. The molecule has 0 amide bonds. The molecule has 1 aromatic heterocycles. The van der Waals surface area contributed by atoms with Crippen LogP contribution in [0, 0.1) is 6.92 Å². The first-order valence-corrected chi connectivity index (χ1v) is 8.19. The molecule has 0 aliphatic carbocycles. The number of hydrogen-bond acceptors (Lipinski definition) is 5. The summed E-state index contributed by atoms with van der Waals surface area (Å²) in [5.74, 6) is 2.05. The van der Waals surface area contributed by atoms with Gasteiger partial charge in [-0.05, 0) is 6.92 Å². The standard InChI is InChI=1S/C14H13N3OS2/c1-10-2-4-11(5-3-10)13(18)12(14-19-6-7-20-14)17-9-15-8-16-17/h2-5,8-9H,6-7H2,1H3. The quantitative estimate of drug-likeness (QED) is 0.644. The summed E-state index contributed by atoms with van der Waals surface area (Å²) in [7, 11) is 0. The molecule has 1 aromatic carbocycles. The molecule has 0 bridgehead atoms. The summed E-state index contributed by atoms with van der Waals surface area (Å²) in [6.45, 7) is 2.01. The van der Waals surface area contributed by atoms with E-state index in [9.17, 15) is 4.79 Å². The number of aromatic nitrogens is 3. The number of hydrogen-bond donors (Lipinski definition) is 0. The molecule has 1 aliphatic heterocycles. The van der Waals surface area contributed by atoms with E-state index in [0.717, 1.165) is 21.3 Å². The van der Waals surface area contributed by atoms with Gasteiger partial charge in [0.25, 0.3) is 0 Å². The van der Waals surface area contributed by atoms with Crippen LogP contribution in [0.4, 0.5) is 0 Å². The van der Waals surface area contributed by atoms with Gasteiger partial charge in [-0.2, -0.15) is 5.10 Å². The number of carbonyl (C=O) groups excluding carboxylic acids is 1. The van der Waals surface area contributed by atoms with E-state index in [1.54, 1.807) is 34.5 Å². The van der Waals surface area contributed by atoms with Gasteiger partial charge in [-0.25, -0.2) is 9.67 Å². The molecular formula is C14H13N3OS2. The molecule has 0 N–H and O–H groups in total. The summed E-state index contributed by atoms with van der Waals surface area (Å²) in [5, 5.41) is 4.13. The summed E-state index contributed by atoms with van der Waals surface area (Å²) in [5.41, 5.74) is 2.43. The van der Waals surface area contributed by atoms with E-state index in [-0.39, 0.29) is 5.78 Å². The fourth-order valence-corrected chi connectivity index (χ4v) is 4.42. The molecule has 2 aromatic rings. The maximum atomic E-state index is 12.8. The molecule has 0 saturated carbocycles. The van der Waals surface area contributed by atoms with Crippen molar-refractivity contribution in [3.05, 3.63) is 52.3 Å². The summed E-state index contributed by atoms with van der Waals surface area (Å²) >= 11 is 3.42. The molecule has 0 spiro atoms. The van der Waals surface area contributed by atoms with Crippen molar-refractivity contribution in [2.24, 2.45) is 0 Å². The highest BCUT2D eigenvalue weighted by Crippen LogP contribution is 2.40. The maximum Gasteiger partial charge on any atom is 0.213 e. The van der Waals surface area contributed by atoms with Crippen molar-refractivity contribution in [3.8, 4) is 0 Å². The zero-order chi connectivity index (χ0) is 13.9. The zero-order valence-corrected chi connectivity index (χ0v) is 12.6. The Bertz CT molecular complexity index is 640. The normalized spacial score (nSPS) is 14.6. The lowest BCUT2D eigenvalue weighted by Crippen LogP contribution is -2.11. The topological polar surface area (TPSA) is 47.8 Å². The predicted molar refractivity (Wildman–Crippen MR) is 83.7 cm³/mol. The van der Waals surface area contributed by atoms with E-state index in [1.807, 2.05) is 31.2 Å². The van der Waals surface area contributed by atoms with Gasteiger partial charge >= 0.3 is 0 Å². The predicted octanol–water partition coefficient (Wildman–Crippen LogP) is 3.08. The van der Waals surface area contributed by atoms with Crippen LogP contribution in [0.25, 0.3) is 5.70 Å². The Morgan fingerprint density at radius 2 is 1.90 bits per heavy atom. The molecule has 20 heavy (non-hydrogen) atoms. The second kappa shape index (κ2) is 5.85. The maximum absolute atomic E-state index is 12.8. The minimum atomic E-state index is -0.00704. The Labute approximate surface area is 125 Å². The van der Waals surface area contributed by atoms with Crippen LogP contribution in [0.5, 0.6) is 0 Å². The third kappa shape index (κ3) is 2.66. The molecular weight excluding hydrogens is 290 g/mol. The molecule has 0 atom stereocenters. The molecule has 6 heteroatoms. The number of thioether (sulfide) groups is 2. The lowest BCUT2D eigenvalue weighted by molar-refractivity contribution is 0.105. The van der Waals surface area contributed by atoms with E-state index in [1.165, 1.54) is 6.33 Å². The highest BCUT2D eigenvalue weighted by Gasteiger charge is 2.23. The van der Waals surface area contributed by atoms with Crippen molar-refractivity contribution in [1.82, 2.24) is 14.8 Å². The minimum Gasteiger partial charge on any atom is -0.287 e. The van der Waals surface area contributed by atoms with Gasteiger partial charge in [-0.3, -0.25) is 4.79 Å². The third-order valence-electron chi connectivity index (χ3n) is 2.92. The summed E-state index contributed by atoms with van der Waals surface area (Å²) in [6, 6.07) is 7.62. The van der Waals surface area contributed by atoms with Crippen LogP contribution in [-0.4, -0.2) is 32.1 Å². The Kier molecular flexibility index (Phi) is 3.93. The van der Waals surface area contributed by atoms with Gasteiger partial charge < -0.3 is 0 Å². The molecule has 102 valence electrons. The lowest BCUT2D eigenvalue weighted by Gasteiger charge is -2.09. The number of nitrogens with zero attached hydrogens (tertiary/aromatic N) is 3. The van der Waals surface area contributed by atoms with Crippen molar-refractivity contribution in [3.63, 3.8) is 0 Å². The Balaban J connectivity index is 2.04. The van der Waals surface area contributed by atoms with Crippen LogP contribution in [0.2, 0.25) is 0 Å². The van der Waals surface area contributed by atoms with Gasteiger partial charge in [0, 0.05) is 17.1 Å². The fraction of sp³-hybridized carbons (Fsp3) is 0.214. The van der Waals surface area contributed by atoms with Gasteiger partial charge in [0.15, 0.2) is 0 Å². The molecule has 1 aliphatic rings. The SMILES string of the molecule is Cc1ccc(C(=O)C(=C2SCCS2)n2cncn2)cc1. The molecule has 2 heterocycles. The van der Waals surface area contributed by atoms with E-state index in [0.29, 0.717) is 11.3 Å². The van der Waals surface area contributed by atoms with Crippen molar-refractivity contribution in [2.75, 3.05) is 11.5 Å². The molecule has 1 saturated heterocycles. The average molecular weight is 303 g/mol. The molecule has 3 rings (SSSR count). The second-order valence-electron chi connectivity index (χ2n) is 4.37. The monoisotopic (exact) mass is 303 g/mol. The van der Waals surface area contributed by atoms with Crippen LogP contribution in [0.3, 0.4) is 0 Å². The molecule has 0 radical (unpaired) electrons. The van der Waals surface area contributed by atoms with E-state index < -0.39 is 0 Å². The van der Waals surface area contributed by atoms with Crippen molar-refractivity contribution < 1.29 is 4.79 Å². The Morgan fingerprint density at radius 1 is 1.20 bits per heavy atom. The van der Waals surface area contributed by atoms with Crippen LogP contribution in [-0.2, 0) is 0 Å². The Morgan fingerprint density at radius 3 is 2.50 bits per heavy atom. The average Bonchev–Trinajstić information content (AvgIpc) is 3.13. The minimum absolute atomic E-state index is 0.00704. The van der Waals surface area contributed by atoms with Crippen molar-refractivity contribution >= 4 is 35.0 Å². The molecule has 4 nitrogen and oxygen atoms in total. The number of aryl methyl sites for hydroxylation is 1. The van der Waals surface area contributed by atoms with E-state index in [2.05, 4.69) is 10.1 Å². The largest absolute Gasteiger partial charge is 0.287 e. The van der Waals surface area contributed by atoms with E-state index in [4.69, 9.17) is 0 Å². The van der Waals surface area contributed by atoms with Crippen LogP contribution in [0.15, 0.2) is 41.2 Å². The summed E-state index contributed by atoms with van der Waals surface area (Å²) < 4.78 is 2.60. The highest BCUT2D eigenvalue weighted by molar-refractivity contribution is 8.25. The van der Waals surface area contributed by atoms with Gasteiger partial charge in [0.2, 0.25) is 5.78 Å². The summed E-state index contributed by atoms with van der Waals surface area (Å²) in [6.07, 6.45) is 3.03. The van der Waals surface area contributed by atoms with Crippen molar-refractivity contribution in [2.45, 2.75) is 6.92 Å². The van der Waals surface area contributed by atoms with Crippen molar-refractivity contribution in [1.29, 1.82) is 0 Å². The number of allylic oxidation sites excluding steroid dienone is 1. The lowest BCUT2D eigenvalue weighted by atomic mass is 10.1. The van der Waals surface area contributed by atoms with Crippen LogP contribution < -0.4 is 0 Å². The van der Waals surface area contributed by atoms with Crippen LogP contribution in [0.1, 0.15) is 15.9 Å². The second-order valence-corrected chi connectivity index (χ2v) is 6.84. The van der Waals surface area contributed by atoms with Gasteiger partial charge in [-0.15, -0.1) is 23.5 Å². The fourth-order valence-electron chi connectivity index (χ4n) is 1.90. The first kappa shape index (κ1) is 13.5. The first-order valence-electron chi connectivity index (χ1n) is 6.22. The van der Waals surface area contributed by atoms with Gasteiger partial charge in [-0.1, -0.05) is 29.8 Å². The Hall–Kier alpha value is -1.53. The number of benzene rings is 1. The zero-order valence-electron chi connectivity index (χ0n) is 10.9. The summed E-state index contributed by atoms with van der Waals surface area (Å²) in [4.78, 5) is 16.7. The third-order valence-corrected chi connectivity index (χ3v) is 5.61. The van der Waals surface area contributed by atoms with E-state index >= 15 is 0 Å².